The van der Waals surface area contributed by atoms with E-state index in [2.05, 4.69) is 42.3 Å². The molecule has 1 aromatic carbocycles. The Morgan fingerprint density at radius 3 is 3.00 bits per heavy atom. The molecule has 1 aromatic heterocycles. The summed E-state index contributed by atoms with van der Waals surface area (Å²) >= 11 is 1.73. The molecule has 0 radical (unpaired) electrons. The van der Waals surface area contributed by atoms with Gasteiger partial charge in [0.05, 0.1) is 0 Å². The molecule has 1 fully saturated rings. The molecule has 0 bridgehead atoms. The van der Waals surface area contributed by atoms with Gasteiger partial charge in [0.1, 0.15) is 17.4 Å². The first-order chi connectivity index (χ1) is 10.2. The van der Waals surface area contributed by atoms with Crippen LogP contribution in [0.25, 0.3) is 0 Å². The van der Waals surface area contributed by atoms with Gasteiger partial charge in [-0.25, -0.2) is 4.98 Å². The number of aromatic nitrogens is 1. The van der Waals surface area contributed by atoms with Crippen molar-refractivity contribution in [1.82, 2.24) is 10.3 Å². The molecule has 4 heteroatoms. The molecule has 0 spiro atoms. The molecule has 1 saturated carbocycles. The van der Waals surface area contributed by atoms with Crippen LogP contribution in [0.2, 0.25) is 0 Å². The van der Waals surface area contributed by atoms with Gasteiger partial charge in [-0.1, -0.05) is 26.0 Å². The molecular formula is C17H22N2OS. The number of thiazole rings is 1. The Labute approximate surface area is 130 Å². The molecule has 21 heavy (non-hydrogen) atoms. The van der Waals surface area contributed by atoms with Crippen LogP contribution in [-0.2, 0) is 13.2 Å². The van der Waals surface area contributed by atoms with E-state index in [9.17, 15) is 0 Å². The summed E-state index contributed by atoms with van der Waals surface area (Å²) in [7, 11) is 0. The first kappa shape index (κ1) is 14.5. The van der Waals surface area contributed by atoms with Gasteiger partial charge >= 0.3 is 0 Å². The van der Waals surface area contributed by atoms with Crippen molar-refractivity contribution in [2.24, 2.45) is 0 Å². The third-order valence-corrected chi connectivity index (χ3v) is 4.60. The van der Waals surface area contributed by atoms with E-state index >= 15 is 0 Å². The van der Waals surface area contributed by atoms with Gasteiger partial charge in [-0.05, 0) is 36.5 Å². The Morgan fingerprint density at radius 1 is 1.38 bits per heavy atom. The normalized spacial score (nSPS) is 14.6. The Hall–Kier alpha value is -1.39. The van der Waals surface area contributed by atoms with E-state index in [1.165, 1.54) is 23.3 Å². The molecular weight excluding hydrogens is 280 g/mol. The second-order valence-corrected chi connectivity index (χ2v) is 7.09. The first-order valence-corrected chi connectivity index (χ1v) is 8.42. The fourth-order valence-electron chi connectivity index (χ4n) is 2.14. The molecule has 1 N–H and O–H groups in total. The molecule has 0 atom stereocenters. The topological polar surface area (TPSA) is 34.1 Å². The lowest BCUT2D eigenvalue weighted by atomic mass is 10.0. The molecule has 0 amide bonds. The van der Waals surface area contributed by atoms with Crippen molar-refractivity contribution in [3.05, 3.63) is 45.9 Å². The summed E-state index contributed by atoms with van der Waals surface area (Å²) in [5.41, 5.74) is 1.31. The lowest BCUT2D eigenvalue weighted by Gasteiger charge is -2.08. The van der Waals surface area contributed by atoms with Gasteiger partial charge in [0.2, 0.25) is 0 Å². The minimum absolute atomic E-state index is 0.522. The van der Waals surface area contributed by atoms with Gasteiger partial charge in [-0.2, -0.15) is 0 Å². The van der Waals surface area contributed by atoms with Crippen molar-refractivity contribution in [2.45, 2.75) is 51.8 Å². The van der Waals surface area contributed by atoms with Gasteiger partial charge < -0.3 is 10.1 Å². The highest BCUT2D eigenvalue weighted by Crippen LogP contribution is 2.23. The quantitative estimate of drug-likeness (QED) is 0.836. The maximum absolute atomic E-state index is 5.86. The summed E-state index contributed by atoms with van der Waals surface area (Å²) in [6.07, 6.45) is 4.60. The third-order valence-electron chi connectivity index (χ3n) is 3.63. The van der Waals surface area contributed by atoms with Crippen molar-refractivity contribution in [3.8, 4) is 5.75 Å². The van der Waals surface area contributed by atoms with Gasteiger partial charge in [-0.3, -0.25) is 0 Å². The van der Waals surface area contributed by atoms with Gasteiger partial charge in [-0.15, -0.1) is 11.3 Å². The number of nitrogens with zero attached hydrogens (tertiary/aromatic N) is 1. The van der Waals surface area contributed by atoms with Crippen molar-refractivity contribution >= 4 is 11.3 Å². The SMILES string of the molecule is CC(C)c1cccc(OCc2ncc(CNC3CC3)s2)c1. The van der Waals surface area contributed by atoms with Crippen molar-refractivity contribution < 1.29 is 4.74 Å². The van der Waals surface area contributed by atoms with Crippen molar-refractivity contribution in [2.75, 3.05) is 0 Å². The molecule has 1 heterocycles. The van der Waals surface area contributed by atoms with Crippen LogP contribution >= 0.6 is 11.3 Å². The fourth-order valence-corrected chi connectivity index (χ4v) is 2.92. The van der Waals surface area contributed by atoms with E-state index < -0.39 is 0 Å². The molecule has 112 valence electrons. The second kappa shape index (κ2) is 6.58. The lowest BCUT2D eigenvalue weighted by molar-refractivity contribution is 0.305. The predicted octanol–water partition coefficient (Wildman–Crippen LogP) is 4.10. The summed E-state index contributed by atoms with van der Waals surface area (Å²) < 4.78 is 5.86. The van der Waals surface area contributed by atoms with Crippen LogP contribution in [0.4, 0.5) is 0 Å². The summed E-state index contributed by atoms with van der Waals surface area (Å²) in [6, 6.07) is 9.06. The predicted molar refractivity (Wildman–Crippen MR) is 86.8 cm³/mol. The molecule has 3 rings (SSSR count). The number of hydrogen-bond donors (Lipinski definition) is 1. The van der Waals surface area contributed by atoms with Crippen LogP contribution in [0.3, 0.4) is 0 Å². The molecule has 3 nitrogen and oxygen atoms in total. The summed E-state index contributed by atoms with van der Waals surface area (Å²) in [6.45, 7) is 5.87. The van der Waals surface area contributed by atoms with E-state index in [0.29, 0.717) is 12.5 Å². The van der Waals surface area contributed by atoms with Crippen LogP contribution in [0.5, 0.6) is 5.75 Å². The van der Waals surface area contributed by atoms with Gasteiger partial charge in [0.15, 0.2) is 0 Å². The zero-order valence-corrected chi connectivity index (χ0v) is 13.5. The minimum atomic E-state index is 0.522. The maximum atomic E-state index is 5.86. The molecule has 0 unspecified atom stereocenters. The molecule has 2 aromatic rings. The highest BCUT2D eigenvalue weighted by molar-refractivity contribution is 7.11. The van der Waals surface area contributed by atoms with Crippen molar-refractivity contribution in [3.63, 3.8) is 0 Å². The Kier molecular flexibility index (Phi) is 4.56. The monoisotopic (exact) mass is 302 g/mol. The standard InChI is InChI=1S/C17H22N2OS/c1-12(2)13-4-3-5-15(8-13)20-11-17-19-10-16(21-17)9-18-14-6-7-14/h3-5,8,10,12,14,18H,6-7,9,11H2,1-2H3. The Balaban J connectivity index is 1.53. The van der Waals surface area contributed by atoms with E-state index in [1.807, 2.05) is 12.3 Å². The molecule has 1 aliphatic rings. The van der Waals surface area contributed by atoms with Crippen LogP contribution in [-0.4, -0.2) is 11.0 Å². The molecule has 0 saturated heterocycles. The zero-order chi connectivity index (χ0) is 14.7. The fraction of sp³-hybridized carbons (Fsp3) is 0.471. The number of rotatable bonds is 7. The van der Waals surface area contributed by atoms with Crippen LogP contribution in [0, 0.1) is 0 Å². The summed E-state index contributed by atoms with van der Waals surface area (Å²) in [5.74, 6) is 1.45. The highest BCUT2D eigenvalue weighted by atomic mass is 32.1. The Bertz CT molecular complexity index is 590. The number of ether oxygens (including phenoxy) is 1. The van der Waals surface area contributed by atoms with E-state index in [-0.39, 0.29) is 0 Å². The summed E-state index contributed by atoms with van der Waals surface area (Å²) in [5, 5.41) is 4.55. The first-order valence-electron chi connectivity index (χ1n) is 7.60. The average molecular weight is 302 g/mol. The molecule has 0 aliphatic heterocycles. The highest BCUT2D eigenvalue weighted by Gasteiger charge is 2.20. The van der Waals surface area contributed by atoms with Gasteiger partial charge in [0, 0.05) is 23.7 Å². The second-order valence-electron chi connectivity index (χ2n) is 5.89. The maximum Gasteiger partial charge on any atom is 0.140 e. The number of hydrogen-bond acceptors (Lipinski definition) is 4. The van der Waals surface area contributed by atoms with E-state index in [0.717, 1.165) is 23.3 Å². The Morgan fingerprint density at radius 2 is 2.24 bits per heavy atom. The van der Waals surface area contributed by atoms with Crippen LogP contribution < -0.4 is 10.1 Å². The van der Waals surface area contributed by atoms with Gasteiger partial charge in [0.25, 0.3) is 0 Å². The smallest absolute Gasteiger partial charge is 0.140 e. The molecule has 1 aliphatic carbocycles. The zero-order valence-electron chi connectivity index (χ0n) is 12.6. The van der Waals surface area contributed by atoms with Crippen molar-refractivity contribution in [1.29, 1.82) is 0 Å². The van der Waals surface area contributed by atoms with E-state index in [4.69, 9.17) is 4.74 Å². The number of benzene rings is 1. The van der Waals surface area contributed by atoms with E-state index in [1.54, 1.807) is 11.3 Å². The minimum Gasteiger partial charge on any atom is -0.486 e. The average Bonchev–Trinajstić information content (AvgIpc) is 3.21. The largest absolute Gasteiger partial charge is 0.486 e. The van der Waals surface area contributed by atoms with Crippen LogP contribution in [0.15, 0.2) is 30.5 Å². The summed E-state index contributed by atoms with van der Waals surface area (Å²) in [4.78, 5) is 5.73. The number of nitrogens with one attached hydrogen (secondary N) is 1. The third kappa shape index (κ3) is 4.29. The van der Waals surface area contributed by atoms with Crippen LogP contribution in [0.1, 0.15) is 48.1 Å². The lowest BCUT2D eigenvalue weighted by Crippen LogP contribution is -2.14.